The van der Waals surface area contributed by atoms with E-state index in [1.807, 2.05) is 6.07 Å². The Kier molecular flexibility index (Phi) is 9.17. The van der Waals surface area contributed by atoms with E-state index in [0.29, 0.717) is 50.1 Å². The smallest absolute Gasteiger partial charge is 0.270 e. The summed E-state index contributed by atoms with van der Waals surface area (Å²) in [5.41, 5.74) is 9.43. The highest BCUT2D eigenvalue weighted by Gasteiger charge is 2.15. The molecule has 6 aromatic rings. The summed E-state index contributed by atoms with van der Waals surface area (Å²) >= 11 is 12.2. The Labute approximate surface area is 264 Å². The topological polar surface area (TPSA) is 198 Å². The SMILES string of the molecule is COc1cc(-c2cc(Cl)ccc2-n2cc(C#N)nn2)ncn1.COc1cc(-c2cc(Cl)ccc2-n2cc(C(N)=O)nn2)ncn1. The van der Waals surface area contributed by atoms with Gasteiger partial charge in [0.05, 0.1) is 49.4 Å². The predicted molar refractivity (Wildman–Crippen MR) is 161 cm³/mol. The van der Waals surface area contributed by atoms with Gasteiger partial charge in [0.15, 0.2) is 11.4 Å². The zero-order chi connectivity index (χ0) is 31.9. The van der Waals surface area contributed by atoms with Gasteiger partial charge in [-0.25, -0.2) is 29.3 Å². The van der Waals surface area contributed by atoms with Crippen molar-refractivity contribution in [1.82, 2.24) is 49.9 Å². The van der Waals surface area contributed by atoms with E-state index < -0.39 is 5.91 Å². The second-order valence-electron chi connectivity index (χ2n) is 8.79. The molecule has 0 saturated carbocycles. The number of methoxy groups -OCH3 is 2. The highest BCUT2D eigenvalue weighted by Crippen LogP contribution is 2.30. The van der Waals surface area contributed by atoms with Crippen molar-refractivity contribution >= 4 is 29.1 Å². The highest BCUT2D eigenvalue weighted by atomic mass is 35.5. The van der Waals surface area contributed by atoms with Crippen LogP contribution >= 0.6 is 23.2 Å². The average Bonchev–Trinajstić information content (AvgIpc) is 3.76. The van der Waals surface area contributed by atoms with E-state index in [4.69, 9.17) is 43.7 Å². The Bertz CT molecular complexity index is 2040. The Morgan fingerprint density at radius 1 is 0.778 bits per heavy atom. The fourth-order valence-electron chi connectivity index (χ4n) is 3.95. The summed E-state index contributed by atoms with van der Waals surface area (Å²) in [7, 11) is 3.04. The van der Waals surface area contributed by atoms with Crippen LogP contribution in [-0.4, -0.2) is 70.1 Å². The van der Waals surface area contributed by atoms with Gasteiger partial charge in [-0.3, -0.25) is 4.79 Å². The summed E-state index contributed by atoms with van der Waals surface area (Å²) in [5, 5.41) is 25.3. The number of aromatic nitrogens is 10. The number of nitrogens with zero attached hydrogens (tertiary/aromatic N) is 11. The number of primary amides is 1. The Morgan fingerprint density at radius 2 is 1.29 bits per heavy atom. The van der Waals surface area contributed by atoms with Crippen molar-refractivity contribution in [2.24, 2.45) is 5.73 Å². The molecule has 0 saturated heterocycles. The van der Waals surface area contributed by atoms with Crippen molar-refractivity contribution in [1.29, 1.82) is 5.26 Å². The normalized spacial score (nSPS) is 10.4. The standard InChI is InChI=1S/C14H11ClN6O2.C14H9ClN6O/c1-23-13-5-10(17-7-18-13)9-4-8(15)2-3-12(9)21-6-11(14(16)22)19-20-21;1-22-14-5-12(17-8-18-14)11-4-9(15)2-3-13(11)21-7-10(6-16)19-20-21/h2-7H,1H3,(H2,16,22);2-5,7-8H,1H3. The molecule has 0 aliphatic rings. The van der Waals surface area contributed by atoms with Gasteiger partial charge in [0.25, 0.3) is 5.91 Å². The fourth-order valence-corrected chi connectivity index (χ4v) is 4.29. The minimum atomic E-state index is -0.657. The second kappa shape index (κ2) is 13.5. The predicted octanol–water partition coefficient (Wildman–Crippen LogP) is 3.74. The van der Waals surface area contributed by atoms with Gasteiger partial charge >= 0.3 is 0 Å². The number of nitrogens with two attached hydrogens (primary N) is 1. The average molecular weight is 643 g/mol. The van der Waals surface area contributed by atoms with Gasteiger partial charge in [0.2, 0.25) is 11.8 Å². The minimum absolute atomic E-state index is 0.0613. The molecule has 0 spiro atoms. The van der Waals surface area contributed by atoms with Crippen LogP contribution in [0.5, 0.6) is 11.8 Å². The van der Waals surface area contributed by atoms with E-state index in [9.17, 15) is 4.79 Å². The van der Waals surface area contributed by atoms with Crippen molar-refractivity contribution < 1.29 is 14.3 Å². The van der Waals surface area contributed by atoms with Crippen LogP contribution in [0.25, 0.3) is 33.9 Å². The van der Waals surface area contributed by atoms with Crippen LogP contribution in [0.4, 0.5) is 0 Å². The van der Waals surface area contributed by atoms with E-state index in [1.54, 1.807) is 48.5 Å². The number of ether oxygens (including phenoxy) is 2. The van der Waals surface area contributed by atoms with Crippen LogP contribution in [-0.2, 0) is 0 Å². The first-order chi connectivity index (χ1) is 21.8. The lowest BCUT2D eigenvalue weighted by Gasteiger charge is -2.09. The lowest BCUT2D eigenvalue weighted by Crippen LogP contribution is -2.11. The van der Waals surface area contributed by atoms with Gasteiger partial charge in [-0.1, -0.05) is 33.6 Å². The first-order valence-electron chi connectivity index (χ1n) is 12.7. The molecule has 224 valence electrons. The number of carbonyl (C=O) groups excluding carboxylic acids is 1. The monoisotopic (exact) mass is 642 g/mol. The van der Waals surface area contributed by atoms with Gasteiger partial charge < -0.3 is 15.2 Å². The fraction of sp³-hybridized carbons (Fsp3) is 0.0714. The van der Waals surface area contributed by atoms with Crippen molar-refractivity contribution in [3.8, 4) is 51.7 Å². The second-order valence-corrected chi connectivity index (χ2v) is 9.66. The molecular formula is C28H20Cl2N12O3. The molecule has 15 nitrogen and oxygen atoms in total. The third-order valence-corrected chi connectivity index (χ3v) is 6.49. The molecule has 45 heavy (non-hydrogen) atoms. The number of amides is 1. The molecule has 2 N–H and O–H groups in total. The molecule has 0 unspecified atom stereocenters. The molecular weight excluding hydrogens is 623 g/mol. The van der Waals surface area contributed by atoms with Crippen LogP contribution in [0.3, 0.4) is 0 Å². The molecule has 4 aromatic heterocycles. The molecule has 0 radical (unpaired) electrons. The van der Waals surface area contributed by atoms with Crippen molar-refractivity contribution in [3.05, 3.63) is 95.0 Å². The number of carbonyl (C=O) groups is 1. The zero-order valence-electron chi connectivity index (χ0n) is 23.4. The highest BCUT2D eigenvalue weighted by molar-refractivity contribution is 6.31. The number of hydrogen-bond donors (Lipinski definition) is 1. The lowest BCUT2D eigenvalue weighted by atomic mass is 10.1. The zero-order valence-corrected chi connectivity index (χ0v) is 24.9. The maximum atomic E-state index is 11.2. The van der Waals surface area contributed by atoms with Crippen LogP contribution < -0.4 is 15.2 Å². The number of hydrogen-bond acceptors (Lipinski definition) is 12. The van der Waals surface area contributed by atoms with Crippen LogP contribution in [0.15, 0.2) is 73.6 Å². The molecule has 0 fully saturated rings. The Balaban J connectivity index is 0.000000178. The number of benzene rings is 2. The van der Waals surface area contributed by atoms with Crippen molar-refractivity contribution in [2.45, 2.75) is 0 Å². The third kappa shape index (κ3) is 6.99. The maximum Gasteiger partial charge on any atom is 0.270 e. The lowest BCUT2D eigenvalue weighted by molar-refractivity contribution is 0.0995. The number of rotatable bonds is 7. The van der Waals surface area contributed by atoms with E-state index in [0.717, 1.165) is 5.56 Å². The third-order valence-electron chi connectivity index (χ3n) is 6.02. The summed E-state index contributed by atoms with van der Waals surface area (Å²) < 4.78 is 13.1. The molecule has 17 heteroatoms. The summed E-state index contributed by atoms with van der Waals surface area (Å²) in [6, 6.07) is 15.7. The Morgan fingerprint density at radius 3 is 1.73 bits per heavy atom. The summed E-state index contributed by atoms with van der Waals surface area (Å²) in [6.45, 7) is 0. The molecule has 0 atom stereocenters. The molecule has 4 heterocycles. The van der Waals surface area contributed by atoms with Crippen molar-refractivity contribution in [2.75, 3.05) is 14.2 Å². The van der Waals surface area contributed by atoms with E-state index >= 15 is 0 Å². The molecule has 0 aliphatic heterocycles. The van der Waals surface area contributed by atoms with Crippen LogP contribution in [0.1, 0.15) is 16.2 Å². The Hall–Kier alpha value is -5.98. The van der Waals surface area contributed by atoms with Crippen LogP contribution in [0.2, 0.25) is 10.0 Å². The van der Waals surface area contributed by atoms with Gasteiger partial charge in [-0.2, -0.15) is 5.26 Å². The summed E-state index contributed by atoms with van der Waals surface area (Å²) in [5.74, 6) is 0.194. The molecule has 0 bridgehead atoms. The number of nitriles is 1. The summed E-state index contributed by atoms with van der Waals surface area (Å²) in [6.07, 6.45) is 5.76. The minimum Gasteiger partial charge on any atom is -0.481 e. The van der Waals surface area contributed by atoms with Gasteiger partial charge in [0, 0.05) is 33.3 Å². The molecule has 6 rings (SSSR count). The first-order valence-corrected chi connectivity index (χ1v) is 13.4. The van der Waals surface area contributed by atoms with E-state index in [-0.39, 0.29) is 11.4 Å². The van der Waals surface area contributed by atoms with Gasteiger partial charge in [-0.15, -0.1) is 10.2 Å². The molecule has 1 amide bonds. The maximum absolute atomic E-state index is 11.2. The van der Waals surface area contributed by atoms with E-state index in [2.05, 4.69) is 40.6 Å². The molecule has 2 aromatic carbocycles. The summed E-state index contributed by atoms with van der Waals surface area (Å²) in [4.78, 5) is 27.6. The largest absolute Gasteiger partial charge is 0.481 e. The van der Waals surface area contributed by atoms with Crippen LogP contribution in [0, 0.1) is 11.3 Å². The van der Waals surface area contributed by atoms with Gasteiger partial charge in [-0.05, 0) is 36.4 Å². The molecule has 0 aliphatic carbocycles. The first kappa shape index (κ1) is 30.5. The van der Waals surface area contributed by atoms with Gasteiger partial charge in [0.1, 0.15) is 18.7 Å². The van der Waals surface area contributed by atoms with E-state index in [1.165, 1.54) is 48.6 Å². The quantitative estimate of drug-likeness (QED) is 0.265. The van der Waals surface area contributed by atoms with Crippen molar-refractivity contribution in [3.63, 3.8) is 0 Å². The number of halogens is 2.